The van der Waals surface area contributed by atoms with Crippen LogP contribution in [-0.2, 0) is 16.1 Å². The molecule has 5 heteroatoms. The largest absolute Gasteiger partial charge is 0.469 e. The summed E-state index contributed by atoms with van der Waals surface area (Å²) in [7, 11) is 1.40. The van der Waals surface area contributed by atoms with Gasteiger partial charge in [0.05, 0.1) is 25.3 Å². The van der Waals surface area contributed by atoms with Crippen LogP contribution < -0.4 is 5.32 Å². The first-order chi connectivity index (χ1) is 10.1. The monoisotopic (exact) mass is 288 g/mol. The van der Waals surface area contributed by atoms with E-state index < -0.39 is 0 Å². The van der Waals surface area contributed by atoms with Crippen LogP contribution in [0, 0.1) is 13.8 Å². The SMILES string of the molecule is COC(=O)C(CNCc1nc(C)c(C)o1)c1ccccc1. The van der Waals surface area contributed by atoms with Crippen molar-refractivity contribution in [2.45, 2.75) is 26.3 Å². The first-order valence-corrected chi connectivity index (χ1v) is 6.88. The Hall–Kier alpha value is -2.14. The highest BCUT2D eigenvalue weighted by Gasteiger charge is 2.21. The van der Waals surface area contributed by atoms with Crippen LogP contribution in [0.15, 0.2) is 34.7 Å². The van der Waals surface area contributed by atoms with Gasteiger partial charge in [-0.1, -0.05) is 30.3 Å². The number of hydrogen-bond donors (Lipinski definition) is 1. The van der Waals surface area contributed by atoms with E-state index in [2.05, 4.69) is 10.3 Å². The van der Waals surface area contributed by atoms with Crippen LogP contribution in [-0.4, -0.2) is 24.6 Å². The smallest absolute Gasteiger partial charge is 0.314 e. The van der Waals surface area contributed by atoms with Crippen LogP contribution in [0.25, 0.3) is 0 Å². The number of carbonyl (C=O) groups excluding carboxylic acids is 1. The van der Waals surface area contributed by atoms with Gasteiger partial charge in [0.15, 0.2) is 0 Å². The summed E-state index contributed by atoms with van der Waals surface area (Å²) in [6.07, 6.45) is 0. The molecule has 112 valence electrons. The quantitative estimate of drug-likeness (QED) is 0.827. The number of nitrogens with zero attached hydrogens (tertiary/aromatic N) is 1. The van der Waals surface area contributed by atoms with Crippen molar-refractivity contribution in [1.29, 1.82) is 0 Å². The van der Waals surface area contributed by atoms with E-state index in [0.29, 0.717) is 19.0 Å². The van der Waals surface area contributed by atoms with Crippen LogP contribution in [0.3, 0.4) is 0 Å². The number of ether oxygens (including phenoxy) is 1. The zero-order chi connectivity index (χ0) is 15.2. The van der Waals surface area contributed by atoms with Gasteiger partial charge < -0.3 is 14.5 Å². The van der Waals surface area contributed by atoms with Crippen molar-refractivity contribution in [3.05, 3.63) is 53.2 Å². The molecule has 0 fully saturated rings. The first kappa shape index (κ1) is 15.3. The predicted molar refractivity (Wildman–Crippen MR) is 78.9 cm³/mol. The maximum atomic E-state index is 11.9. The maximum Gasteiger partial charge on any atom is 0.314 e. The zero-order valence-corrected chi connectivity index (χ0v) is 12.6. The first-order valence-electron chi connectivity index (χ1n) is 6.88. The van der Waals surface area contributed by atoms with Crippen molar-refractivity contribution in [3.63, 3.8) is 0 Å². The molecule has 0 radical (unpaired) electrons. The molecule has 2 rings (SSSR count). The lowest BCUT2D eigenvalue weighted by atomic mass is 9.99. The fourth-order valence-corrected chi connectivity index (χ4v) is 2.10. The molecular weight excluding hydrogens is 268 g/mol. The number of rotatable bonds is 6. The van der Waals surface area contributed by atoms with Gasteiger partial charge in [-0.15, -0.1) is 0 Å². The summed E-state index contributed by atoms with van der Waals surface area (Å²) in [5.41, 5.74) is 1.82. The van der Waals surface area contributed by atoms with Crippen LogP contribution >= 0.6 is 0 Å². The van der Waals surface area contributed by atoms with Crippen molar-refractivity contribution in [2.24, 2.45) is 0 Å². The Morgan fingerprint density at radius 2 is 2.05 bits per heavy atom. The molecule has 2 aromatic rings. The fraction of sp³-hybridized carbons (Fsp3) is 0.375. The molecule has 0 spiro atoms. The average Bonchev–Trinajstić information content (AvgIpc) is 2.82. The lowest BCUT2D eigenvalue weighted by Gasteiger charge is -2.15. The molecule has 0 aliphatic carbocycles. The Labute approximate surface area is 124 Å². The third-order valence-corrected chi connectivity index (χ3v) is 3.39. The maximum absolute atomic E-state index is 11.9. The Bertz CT molecular complexity index is 573. The Kier molecular flexibility index (Phi) is 5.11. The average molecular weight is 288 g/mol. The van der Waals surface area contributed by atoms with Gasteiger partial charge in [0, 0.05) is 6.54 Å². The normalized spacial score (nSPS) is 12.1. The number of carbonyl (C=O) groups is 1. The lowest BCUT2D eigenvalue weighted by molar-refractivity contribution is -0.142. The van der Waals surface area contributed by atoms with Gasteiger partial charge in [0.25, 0.3) is 0 Å². The number of nitrogens with one attached hydrogen (secondary N) is 1. The number of benzene rings is 1. The van der Waals surface area contributed by atoms with Gasteiger partial charge in [-0.05, 0) is 19.4 Å². The Morgan fingerprint density at radius 3 is 2.62 bits per heavy atom. The van der Waals surface area contributed by atoms with E-state index >= 15 is 0 Å². The number of aryl methyl sites for hydroxylation is 2. The third kappa shape index (κ3) is 3.92. The number of oxazole rings is 1. The zero-order valence-electron chi connectivity index (χ0n) is 12.6. The van der Waals surface area contributed by atoms with Gasteiger partial charge in [0.1, 0.15) is 5.76 Å². The molecule has 5 nitrogen and oxygen atoms in total. The summed E-state index contributed by atoms with van der Waals surface area (Å²) in [6.45, 7) is 4.74. The summed E-state index contributed by atoms with van der Waals surface area (Å²) >= 11 is 0. The van der Waals surface area contributed by atoms with Crippen molar-refractivity contribution in [3.8, 4) is 0 Å². The molecule has 1 N–H and O–H groups in total. The second-order valence-corrected chi connectivity index (χ2v) is 4.87. The van der Waals surface area contributed by atoms with Crippen LogP contribution in [0.4, 0.5) is 0 Å². The summed E-state index contributed by atoms with van der Waals surface area (Å²) in [5.74, 6) is 0.850. The molecule has 1 unspecified atom stereocenters. The van der Waals surface area contributed by atoms with E-state index in [4.69, 9.17) is 9.15 Å². The summed E-state index contributed by atoms with van der Waals surface area (Å²) in [6, 6.07) is 9.58. The van der Waals surface area contributed by atoms with Gasteiger partial charge >= 0.3 is 5.97 Å². The summed E-state index contributed by atoms with van der Waals surface area (Å²) in [4.78, 5) is 16.2. The number of methoxy groups -OCH3 is 1. The molecule has 1 aromatic heterocycles. The van der Waals surface area contributed by atoms with Crippen molar-refractivity contribution >= 4 is 5.97 Å². The Morgan fingerprint density at radius 1 is 1.33 bits per heavy atom. The van der Waals surface area contributed by atoms with Gasteiger partial charge in [-0.25, -0.2) is 4.98 Å². The highest BCUT2D eigenvalue weighted by molar-refractivity contribution is 5.78. The summed E-state index contributed by atoms with van der Waals surface area (Å²) in [5, 5.41) is 3.20. The Balaban J connectivity index is 1.98. The molecule has 0 amide bonds. The molecule has 0 aliphatic heterocycles. The van der Waals surface area contributed by atoms with Crippen molar-refractivity contribution in [1.82, 2.24) is 10.3 Å². The molecule has 1 aromatic carbocycles. The highest BCUT2D eigenvalue weighted by Crippen LogP contribution is 2.16. The minimum absolute atomic E-state index is 0.256. The predicted octanol–water partition coefficient (Wildman–Crippen LogP) is 2.34. The number of hydrogen-bond acceptors (Lipinski definition) is 5. The minimum Gasteiger partial charge on any atom is -0.469 e. The fourth-order valence-electron chi connectivity index (χ4n) is 2.10. The number of aromatic nitrogens is 1. The minimum atomic E-state index is -0.339. The second-order valence-electron chi connectivity index (χ2n) is 4.87. The topological polar surface area (TPSA) is 64.4 Å². The van der Waals surface area contributed by atoms with E-state index in [9.17, 15) is 4.79 Å². The van der Waals surface area contributed by atoms with E-state index in [-0.39, 0.29) is 11.9 Å². The van der Waals surface area contributed by atoms with Crippen molar-refractivity contribution in [2.75, 3.05) is 13.7 Å². The summed E-state index contributed by atoms with van der Waals surface area (Å²) < 4.78 is 10.4. The molecule has 1 heterocycles. The van der Waals surface area contributed by atoms with E-state index in [1.807, 2.05) is 44.2 Å². The van der Waals surface area contributed by atoms with E-state index in [1.165, 1.54) is 7.11 Å². The molecule has 0 saturated carbocycles. The highest BCUT2D eigenvalue weighted by atomic mass is 16.5. The van der Waals surface area contributed by atoms with Crippen LogP contribution in [0.2, 0.25) is 0 Å². The molecule has 0 aliphatic rings. The second kappa shape index (κ2) is 7.04. The van der Waals surface area contributed by atoms with Gasteiger partial charge in [-0.2, -0.15) is 0 Å². The standard InChI is InChI=1S/C16H20N2O3/c1-11-12(2)21-15(18-11)10-17-9-14(16(19)20-3)13-7-5-4-6-8-13/h4-8,14,17H,9-10H2,1-3H3. The lowest BCUT2D eigenvalue weighted by Crippen LogP contribution is -2.27. The van der Waals surface area contributed by atoms with Gasteiger partial charge in [0.2, 0.25) is 5.89 Å². The molecule has 21 heavy (non-hydrogen) atoms. The van der Waals surface area contributed by atoms with Crippen LogP contribution in [0.1, 0.15) is 28.8 Å². The third-order valence-electron chi connectivity index (χ3n) is 3.39. The van der Waals surface area contributed by atoms with Gasteiger partial charge in [-0.3, -0.25) is 4.79 Å². The molecule has 0 saturated heterocycles. The molecule has 1 atom stereocenters. The van der Waals surface area contributed by atoms with E-state index in [1.54, 1.807) is 0 Å². The van der Waals surface area contributed by atoms with E-state index in [0.717, 1.165) is 17.0 Å². The van der Waals surface area contributed by atoms with Crippen LogP contribution in [0.5, 0.6) is 0 Å². The molecule has 0 bridgehead atoms. The van der Waals surface area contributed by atoms with Crippen molar-refractivity contribution < 1.29 is 13.9 Å². The molecular formula is C16H20N2O3. The number of esters is 1.